The van der Waals surface area contributed by atoms with Gasteiger partial charge in [0.15, 0.2) is 11.5 Å². The number of hydrogen-bond acceptors (Lipinski definition) is 3. The molecule has 0 radical (unpaired) electrons. The number of hydrogen-bond donors (Lipinski definition) is 1. The average molecular weight is 466 g/mol. The summed E-state index contributed by atoms with van der Waals surface area (Å²) in [6, 6.07) is 0. The first-order valence-electron chi connectivity index (χ1n) is 8.76. The van der Waals surface area contributed by atoms with Gasteiger partial charge in [-0.25, -0.2) is 0 Å². The van der Waals surface area contributed by atoms with Crippen LogP contribution >= 0.6 is 31.9 Å². The van der Waals surface area contributed by atoms with Crippen molar-refractivity contribution in [3.05, 3.63) is 15.6 Å². The summed E-state index contributed by atoms with van der Waals surface area (Å²) in [6.07, 6.45) is 11.0. The van der Waals surface area contributed by atoms with Crippen LogP contribution in [-0.4, -0.2) is 24.7 Å². The van der Waals surface area contributed by atoms with Crippen molar-refractivity contribution >= 4 is 31.9 Å². The molecule has 0 aliphatic heterocycles. The van der Waals surface area contributed by atoms with Crippen molar-refractivity contribution in [2.24, 2.45) is 0 Å². The van der Waals surface area contributed by atoms with Crippen LogP contribution in [-0.2, 0) is 6.42 Å². The second-order valence-corrected chi connectivity index (χ2v) is 7.69. The maximum absolute atomic E-state index is 10.5. The van der Waals surface area contributed by atoms with Crippen LogP contribution in [0.25, 0.3) is 0 Å². The Kier molecular flexibility index (Phi) is 10.8. The summed E-state index contributed by atoms with van der Waals surface area (Å²) < 4.78 is 11.5. The van der Waals surface area contributed by atoms with Gasteiger partial charge in [0.2, 0.25) is 5.75 Å². The third-order valence-electron chi connectivity index (χ3n) is 4.41. The first-order valence-corrected chi connectivity index (χ1v) is 10.7. The van der Waals surface area contributed by atoms with Gasteiger partial charge in [0.1, 0.15) is 0 Å². The molecule has 0 unspecified atom stereocenters. The van der Waals surface area contributed by atoms with Crippen LogP contribution in [0.5, 0.6) is 17.2 Å². The van der Waals surface area contributed by atoms with Crippen molar-refractivity contribution < 1.29 is 14.6 Å². The fourth-order valence-electron chi connectivity index (χ4n) is 2.96. The number of phenolic OH excluding ortho intramolecular Hbond substituents is 1. The zero-order valence-electron chi connectivity index (χ0n) is 15.1. The third-order valence-corrected chi connectivity index (χ3v) is 5.92. The summed E-state index contributed by atoms with van der Waals surface area (Å²) in [6.45, 7) is 2.00. The third kappa shape index (κ3) is 6.14. The fraction of sp³-hybridized carbons (Fsp3) is 0.684. The summed E-state index contributed by atoms with van der Waals surface area (Å²) in [5, 5.41) is 11.6. The molecule has 0 bridgehead atoms. The van der Waals surface area contributed by atoms with Gasteiger partial charge in [0.05, 0.1) is 18.7 Å². The van der Waals surface area contributed by atoms with Gasteiger partial charge in [0, 0.05) is 10.9 Å². The van der Waals surface area contributed by atoms with E-state index < -0.39 is 0 Å². The van der Waals surface area contributed by atoms with Gasteiger partial charge in [-0.3, -0.25) is 0 Å². The molecule has 0 aromatic heterocycles. The van der Waals surface area contributed by atoms with E-state index in [4.69, 9.17) is 9.47 Å². The number of benzene rings is 1. The molecule has 0 amide bonds. The zero-order valence-corrected chi connectivity index (χ0v) is 18.3. The molecular formula is C19H30Br2O3. The maximum atomic E-state index is 10.5. The Morgan fingerprint density at radius 3 is 1.83 bits per heavy atom. The molecule has 1 aromatic carbocycles. The molecule has 24 heavy (non-hydrogen) atoms. The number of rotatable bonds is 12. The van der Waals surface area contributed by atoms with Crippen molar-refractivity contribution in [2.75, 3.05) is 19.5 Å². The molecule has 138 valence electrons. The molecule has 0 fully saturated rings. The van der Waals surface area contributed by atoms with Gasteiger partial charge in [-0.2, -0.15) is 0 Å². The minimum Gasteiger partial charge on any atom is -0.504 e. The van der Waals surface area contributed by atoms with E-state index in [-0.39, 0.29) is 5.75 Å². The van der Waals surface area contributed by atoms with E-state index >= 15 is 0 Å². The highest BCUT2D eigenvalue weighted by Crippen LogP contribution is 2.47. The molecule has 1 aromatic rings. The van der Waals surface area contributed by atoms with E-state index in [1.807, 2.05) is 6.92 Å². The van der Waals surface area contributed by atoms with Crippen LogP contribution in [0.3, 0.4) is 0 Å². The molecule has 1 rings (SSSR count). The molecule has 0 aliphatic rings. The Labute approximate surface area is 163 Å². The summed E-state index contributed by atoms with van der Waals surface area (Å²) in [5.41, 5.74) is 1.98. The van der Waals surface area contributed by atoms with E-state index in [2.05, 4.69) is 31.9 Å². The van der Waals surface area contributed by atoms with Gasteiger partial charge in [-0.15, -0.1) is 0 Å². The molecule has 0 aliphatic carbocycles. The van der Waals surface area contributed by atoms with Crippen molar-refractivity contribution in [1.29, 1.82) is 0 Å². The zero-order chi connectivity index (χ0) is 17.9. The summed E-state index contributed by atoms with van der Waals surface area (Å²) >= 11 is 7.03. The fourth-order valence-corrected chi connectivity index (χ4v) is 3.94. The van der Waals surface area contributed by atoms with Crippen molar-refractivity contribution in [3.8, 4) is 17.2 Å². The molecular weight excluding hydrogens is 436 g/mol. The molecule has 0 spiro atoms. The lowest BCUT2D eigenvalue weighted by Gasteiger charge is -2.18. The molecule has 1 N–H and O–H groups in total. The number of alkyl halides is 1. The van der Waals surface area contributed by atoms with Crippen LogP contribution in [0.4, 0.5) is 0 Å². The Morgan fingerprint density at radius 1 is 0.833 bits per heavy atom. The van der Waals surface area contributed by atoms with Gasteiger partial charge in [-0.05, 0) is 47.7 Å². The first kappa shape index (κ1) is 21.6. The second-order valence-electron chi connectivity index (χ2n) is 6.10. The Balaban J connectivity index is 2.50. The van der Waals surface area contributed by atoms with Gasteiger partial charge in [-0.1, -0.05) is 54.5 Å². The summed E-state index contributed by atoms with van der Waals surface area (Å²) in [4.78, 5) is 0. The van der Waals surface area contributed by atoms with Crippen LogP contribution in [0.2, 0.25) is 0 Å². The molecule has 0 saturated heterocycles. The molecule has 5 heteroatoms. The first-order chi connectivity index (χ1) is 11.6. The SMILES string of the molecule is COc1c(O)c(CCCCCCCCCCBr)c(C)c(Br)c1OC. The van der Waals surface area contributed by atoms with Crippen molar-refractivity contribution in [3.63, 3.8) is 0 Å². The minimum absolute atomic E-state index is 0.213. The normalized spacial score (nSPS) is 10.9. The van der Waals surface area contributed by atoms with Crippen LogP contribution in [0.15, 0.2) is 4.47 Å². The monoisotopic (exact) mass is 464 g/mol. The second kappa shape index (κ2) is 12.0. The molecule has 0 heterocycles. The Hall–Kier alpha value is -0.420. The standard InChI is InChI=1S/C19H30Br2O3/c1-14-15(12-10-8-6-4-5-7-9-11-13-20)17(22)19(24-3)18(23-2)16(14)21/h22H,4-13H2,1-3H3. The Morgan fingerprint density at radius 2 is 1.33 bits per heavy atom. The van der Waals surface area contributed by atoms with E-state index in [1.54, 1.807) is 14.2 Å². The lowest BCUT2D eigenvalue weighted by Crippen LogP contribution is -2.00. The van der Waals surface area contributed by atoms with Gasteiger partial charge >= 0.3 is 0 Å². The molecule has 0 saturated carbocycles. The lowest BCUT2D eigenvalue weighted by molar-refractivity contribution is 0.329. The van der Waals surface area contributed by atoms with Crippen LogP contribution in [0.1, 0.15) is 62.5 Å². The summed E-state index contributed by atoms with van der Waals surface area (Å²) in [5.74, 6) is 1.18. The quantitative estimate of drug-likeness (QED) is 0.281. The Bertz CT molecular complexity index is 504. The number of methoxy groups -OCH3 is 2. The number of halogens is 2. The van der Waals surface area contributed by atoms with E-state index in [0.29, 0.717) is 11.5 Å². The minimum atomic E-state index is 0.213. The average Bonchev–Trinajstić information content (AvgIpc) is 2.58. The van der Waals surface area contributed by atoms with E-state index in [9.17, 15) is 5.11 Å². The molecule has 0 atom stereocenters. The van der Waals surface area contributed by atoms with Crippen molar-refractivity contribution in [2.45, 2.75) is 64.7 Å². The smallest absolute Gasteiger partial charge is 0.204 e. The van der Waals surface area contributed by atoms with Gasteiger partial charge in [0.25, 0.3) is 0 Å². The van der Waals surface area contributed by atoms with Gasteiger partial charge < -0.3 is 14.6 Å². The predicted molar refractivity (Wildman–Crippen MR) is 108 cm³/mol. The highest BCUT2D eigenvalue weighted by atomic mass is 79.9. The number of ether oxygens (including phenoxy) is 2. The number of aromatic hydroxyl groups is 1. The van der Waals surface area contributed by atoms with Crippen LogP contribution in [0, 0.1) is 6.92 Å². The van der Waals surface area contributed by atoms with Crippen LogP contribution < -0.4 is 9.47 Å². The number of phenols is 1. The van der Waals surface area contributed by atoms with E-state index in [0.717, 1.165) is 33.8 Å². The maximum Gasteiger partial charge on any atom is 0.204 e. The highest BCUT2D eigenvalue weighted by molar-refractivity contribution is 9.10. The number of unbranched alkanes of at least 4 members (excludes halogenated alkanes) is 7. The van der Waals surface area contributed by atoms with E-state index in [1.165, 1.54) is 44.9 Å². The van der Waals surface area contributed by atoms with Crippen molar-refractivity contribution in [1.82, 2.24) is 0 Å². The predicted octanol–water partition coefficient (Wildman–Crippen LogP) is 6.54. The highest BCUT2D eigenvalue weighted by Gasteiger charge is 2.21. The largest absolute Gasteiger partial charge is 0.504 e. The topological polar surface area (TPSA) is 38.7 Å². The summed E-state index contributed by atoms with van der Waals surface area (Å²) in [7, 11) is 3.14. The molecule has 3 nitrogen and oxygen atoms in total. The lowest BCUT2D eigenvalue weighted by atomic mass is 9.99.